The Bertz CT molecular complexity index is 1240. The smallest absolute Gasteiger partial charge is 0.407 e. The molecule has 2 heterocycles. The Morgan fingerprint density at radius 2 is 1.97 bits per heavy atom. The van der Waals surface area contributed by atoms with Crippen LogP contribution in [0.1, 0.15) is 73.5 Å². The number of anilines is 3. The van der Waals surface area contributed by atoms with Crippen molar-refractivity contribution in [1.82, 2.24) is 15.6 Å². The van der Waals surface area contributed by atoms with Gasteiger partial charge in [-0.05, 0) is 58.2 Å². The zero-order valence-corrected chi connectivity index (χ0v) is 21.8. The Morgan fingerprint density at radius 1 is 1.22 bits per heavy atom. The average molecular weight is 506 g/mol. The van der Waals surface area contributed by atoms with Crippen molar-refractivity contribution < 1.29 is 19.4 Å². The van der Waals surface area contributed by atoms with E-state index >= 15 is 0 Å². The van der Waals surface area contributed by atoms with Gasteiger partial charge in [0, 0.05) is 23.8 Å². The number of carbonyl (C=O) groups excluding carboxylic acids is 2. The number of pyridine rings is 1. The Balaban J connectivity index is 1.70. The standard InChI is InChI=1S/C28H35N5O4/c1-17-9-7-10-18(15-17)30-25-23-20(16-29-26(23)35)19(11-8-14-34)24(33-25)31-21-12-5-6-13-22(21)32-27(36)37-28(2,3)4/h7,9-10,15,21-22,34H,5-6,12-14,16H2,1-4H3,(H,29,35)(H,32,36)(H2,30,31,33). The second-order valence-corrected chi connectivity index (χ2v) is 10.5. The highest BCUT2D eigenvalue weighted by atomic mass is 16.6. The van der Waals surface area contributed by atoms with Crippen molar-refractivity contribution >= 4 is 29.3 Å². The maximum absolute atomic E-state index is 12.8. The van der Waals surface area contributed by atoms with Gasteiger partial charge in [-0.1, -0.05) is 36.8 Å². The number of rotatable bonds is 5. The third kappa shape index (κ3) is 6.52. The minimum absolute atomic E-state index is 0.113. The highest BCUT2D eigenvalue weighted by Gasteiger charge is 2.33. The number of hydrogen-bond acceptors (Lipinski definition) is 7. The summed E-state index contributed by atoms with van der Waals surface area (Å²) in [6, 6.07) is 7.56. The van der Waals surface area contributed by atoms with Crippen LogP contribution in [0, 0.1) is 18.8 Å². The minimum Gasteiger partial charge on any atom is -0.444 e. The van der Waals surface area contributed by atoms with Gasteiger partial charge in [0.15, 0.2) is 0 Å². The molecule has 2 atom stereocenters. The lowest BCUT2D eigenvalue weighted by atomic mass is 9.90. The van der Waals surface area contributed by atoms with E-state index in [1.165, 1.54) is 0 Å². The van der Waals surface area contributed by atoms with E-state index in [4.69, 9.17) is 9.72 Å². The zero-order chi connectivity index (χ0) is 26.6. The number of nitrogens with one attached hydrogen (secondary N) is 4. The molecule has 9 heteroatoms. The molecule has 1 aromatic carbocycles. The molecule has 1 aliphatic heterocycles. The van der Waals surface area contributed by atoms with Gasteiger partial charge >= 0.3 is 6.09 Å². The van der Waals surface area contributed by atoms with Crippen LogP contribution in [0.4, 0.5) is 22.1 Å². The van der Waals surface area contributed by atoms with Crippen LogP contribution in [0.25, 0.3) is 0 Å². The lowest BCUT2D eigenvalue weighted by molar-refractivity contribution is 0.0488. The van der Waals surface area contributed by atoms with Crippen LogP contribution in [0.2, 0.25) is 0 Å². The fourth-order valence-electron chi connectivity index (χ4n) is 4.74. The summed E-state index contributed by atoms with van der Waals surface area (Å²) in [4.78, 5) is 30.1. The first kappa shape index (κ1) is 26.3. The number of nitrogens with zero attached hydrogens (tertiary/aromatic N) is 1. The summed E-state index contributed by atoms with van der Waals surface area (Å²) in [6.07, 6.45) is 3.16. The van der Waals surface area contributed by atoms with E-state index in [0.717, 1.165) is 42.5 Å². The molecule has 2 aromatic rings. The van der Waals surface area contributed by atoms with Crippen LogP contribution in [0.5, 0.6) is 0 Å². The van der Waals surface area contributed by atoms with Crippen molar-refractivity contribution in [2.24, 2.45) is 0 Å². The van der Waals surface area contributed by atoms with Gasteiger partial charge in [-0.15, -0.1) is 0 Å². The van der Waals surface area contributed by atoms with Crippen LogP contribution in [-0.2, 0) is 11.3 Å². The Morgan fingerprint density at radius 3 is 2.68 bits per heavy atom. The average Bonchev–Trinajstić information content (AvgIpc) is 3.20. The molecule has 0 spiro atoms. The number of fused-ring (bicyclic) bond motifs is 1. The minimum atomic E-state index is -0.591. The first-order valence-electron chi connectivity index (χ1n) is 12.7. The van der Waals surface area contributed by atoms with Gasteiger partial charge in [-0.3, -0.25) is 4.79 Å². The monoisotopic (exact) mass is 505 g/mol. The molecular formula is C28H35N5O4. The largest absolute Gasteiger partial charge is 0.444 e. The molecule has 37 heavy (non-hydrogen) atoms. The van der Waals surface area contributed by atoms with E-state index in [0.29, 0.717) is 29.3 Å². The fraction of sp³-hybridized carbons (Fsp3) is 0.464. The number of aliphatic hydroxyl groups excluding tert-OH is 1. The molecule has 1 saturated carbocycles. The van der Waals surface area contributed by atoms with E-state index in [1.807, 2.05) is 52.0 Å². The predicted octanol–water partition coefficient (Wildman–Crippen LogP) is 3.97. The molecule has 5 N–H and O–H groups in total. The van der Waals surface area contributed by atoms with Crippen molar-refractivity contribution in [2.75, 3.05) is 17.2 Å². The molecule has 1 fully saturated rings. The number of carbonyl (C=O) groups is 2. The van der Waals surface area contributed by atoms with Gasteiger partial charge in [0.2, 0.25) is 0 Å². The summed E-state index contributed by atoms with van der Waals surface area (Å²) in [7, 11) is 0. The first-order valence-corrected chi connectivity index (χ1v) is 12.7. The third-order valence-electron chi connectivity index (χ3n) is 6.32. The number of benzene rings is 1. The second kappa shape index (κ2) is 11.1. The second-order valence-electron chi connectivity index (χ2n) is 10.5. The van der Waals surface area contributed by atoms with E-state index in [1.54, 1.807) is 0 Å². The zero-order valence-electron chi connectivity index (χ0n) is 21.8. The Hall–Kier alpha value is -3.77. The number of alkyl carbamates (subject to hydrolysis) is 1. The summed E-state index contributed by atoms with van der Waals surface area (Å²) < 4.78 is 5.48. The van der Waals surface area contributed by atoms with Crippen molar-refractivity contribution in [3.8, 4) is 11.8 Å². The summed E-state index contributed by atoms with van der Waals surface area (Å²) in [5.74, 6) is 6.43. The van der Waals surface area contributed by atoms with Gasteiger partial charge < -0.3 is 31.1 Å². The van der Waals surface area contributed by atoms with Crippen molar-refractivity contribution in [2.45, 2.75) is 77.6 Å². The van der Waals surface area contributed by atoms with E-state index in [2.05, 4.69) is 33.1 Å². The first-order chi connectivity index (χ1) is 17.6. The third-order valence-corrected chi connectivity index (χ3v) is 6.32. The van der Waals surface area contributed by atoms with Crippen LogP contribution in [-0.4, -0.2) is 46.4 Å². The molecule has 4 rings (SSSR count). The van der Waals surface area contributed by atoms with Crippen LogP contribution in [0.3, 0.4) is 0 Å². The molecule has 2 aliphatic rings. The maximum atomic E-state index is 12.8. The molecule has 0 radical (unpaired) electrons. The Labute approximate surface area is 217 Å². The SMILES string of the molecule is Cc1cccc(Nc2nc(NC3CCCCC3NC(=O)OC(C)(C)C)c(C#CCO)c3c2C(=O)NC3)c1. The molecule has 2 unspecified atom stereocenters. The van der Waals surface area contributed by atoms with Gasteiger partial charge in [-0.2, -0.15) is 0 Å². The molecule has 2 amide bonds. The fourth-order valence-corrected chi connectivity index (χ4v) is 4.74. The number of hydrogen-bond donors (Lipinski definition) is 5. The number of ether oxygens (including phenoxy) is 1. The highest BCUT2D eigenvalue weighted by Crippen LogP contribution is 2.34. The van der Waals surface area contributed by atoms with E-state index in [-0.39, 0.29) is 24.6 Å². The quantitative estimate of drug-likeness (QED) is 0.390. The number of aliphatic hydroxyl groups is 1. The van der Waals surface area contributed by atoms with Gasteiger partial charge in [0.05, 0.1) is 17.2 Å². The number of amides is 2. The topological polar surface area (TPSA) is 125 Å². The van der Waals surface area contributed by atoms with Crippen molar-refractivity contribution in [3.63, 3.8) is 0 Å². The summed E-state index contributed by atoms with van der Waals surface area (Å²) in [5, 5.41) is 22.1. The Kier molecular flexibility index (Phi) is 7.89. The van der Waals surface area contributed by atoms with Crippen molar-refractivity contribution in [3.05, 3.63) is 46.5 Å². The van der Waals surface area contributed by atoms with Crippen LogP contribution in [0.15, 0.2) is 24.3 Å². The molecular weight excluding hydrogens is 470 g/mol. The van der Waals surface area contributed by atoms with Gasteiger partial charge in [-0.25, -0.2) is 9.78 Å². The summed E-state index contributed by atoms with van der Waals surface area (Å²) in [5.41, 5.74) is 3.04. The lowest BCUT2D eigenvalue weighted by Crippen LogP contribution is -2.50. The molecule has 1 aromatic heterocycles. The summed E-state index contributed by atoms with van der Waals surface area (Å²) >= 11 is 0. The van der Waals surface area contributed by atoms with Gasteiger partial charge in [0.1, 0.15) is 23.8 Å². The predicted molar refractivity (Wildman–Crippen MR) is 143 cm³/mol. The molecule has 0 bridgehead atoms. The summed E-state index contributed by atoms with van der Waals surface area (Å²) in [6.45, 7) is 7.50. The molecule has 9 nitrogen and oxygen atoms in total. The molecule has 1 aliphatic carbocycles. The number of aromatic nitrogens is 1. The molecule has 196 valence electrons. The van der Waals surface area contributed by atoms with E-state index in [9.17, 15) is 14.7 Å². The van der Waals surface area contributed by atoms with Gasteiger partial charge in [0.25, 0.3) is 5.91 Å². The van der Waals surface area contributed by atoms with E-state index < -0.39 is 11.7 Å². The maximum Gasteiger partial charge on any atom is 0.407 e. The molecule has 0 saturated heterocycles. The highest BCUT2D eigenvalue weighted by molar-refractivity contribution is 6.04. The van der Waals surface area contributed by atoms with Crippen LogP contribution >= 0.6 is 0 Å². The van der Waals surface area contributed by atoms with Crippen LogP contribution < -0.4 is 21.3 Å². The normalized spacial score (nSPS) is 18.7. The number of aryl methyl sites for hydroxylation is 1. The van der Waals surface area contributed by atoms with Crippen molar-refractivity contribution in [1.29, 1.82) is 0 Å². The lowest BCUT2D eigenvalue weighted by Gasteiger charge is -2.34.